The molecule has 5 heteroatoms. The van der Waals surface area contributed by atoms with Gasteiger partial charge >= 0.3 is 0 Å². The van der Waals surface area contributed by atoms with Crippen LogP contribution in [-0.4, -0.2) is 51.7 Å². The Labute approximate surface area is 161 Å². The topological polar surface area (TPSA) is 90.1 Å². The summed E-state index contributed by atoms with van der Waals surface area (Å²) in [5, 5.41) is 32.4. The molecule has 0 aromatic heterocycles. The highest BCUT2D eigenvalue weighted by molar-refractivity contribution is 5.95. The van der Waals surface area contributed by atoms with Crippen molar-refractivity contribution in [3.63, 3.8) is 0 Å². The van der Waals surface area contributed by atoms with E-state index in [0.29, 0.717) is 19.3 Å². The van der Waals surface area contributed by atoms with Crippen LogP contribution >= 0.6 is 0 Å². The zero-order chi connectivity index (χ0) is 19.8. The van der Waals surface area contributed by atoms with Gasteiger partial charge in [0.05, 0.1) is 17.8 Å². The van der Waals surface area contributed by atoms with Gasteiger partial charge in [-0.15, -0.1) is 0 Å². The lowest BCUT2D eigenvalue weighted by atomic mass is 9.46. The van der Waals surface area contributed by atoms with E-state index in [4.69, 9.17) is 0 Å². The van der Waals surface area contributed by atoms with Crippen LogP contribution < -0.4 is 0 Å². The highest BCUT2D eigenvalue weighted by Gasteiger charge is 2.66. The summed E-state index contributed by atoms with van der Waals surface area (Å²) in [6.45, 7) is 6.29. The molecular formula is C22H33NO4. The van der Waals surface area contributed by atoms with E-state index in [1.54, 1.807) is 6.08 Å². The van der Waals surface area contributed by atoms with E-state index in [-0.39, 0.29) is 29.0 Å². The Hall–Kier alpha value is -1.04. The number of fused-ring (bicyclic) bond motifs is 5. The SMILES string of the molecule is CN=C(C)C1CC[C@@]2(O)C3=CC(=O)C4CC(O)C(O)CC4(C)C3CCC12C. The van der Waals surface area contributed by atoms with Crippen molar-refractivity contribution < 1.29 is 20.1 Å². The molecule has 0 amide bonds. The number of aliphatic imine (C=N–C) groups is 1. The van der Waals surface area contributed by atoms with Crippen LogP contribution in [0.15, 0.2) is 16.6 Å². The molecule has 4 rings (SSSR count). The van der Waals surface area contributed by atoms with Gasteiger partial charge in [-0.05, 0) is 68.4 Å². The molecule has 3 N–H and O–H groups in total. The molecule has 0 aromatic carbocycles. The van der Waals surface area contributed by atoms with Crippen LogP contribution in [0.5, 0.6) is 0 Å². The van der Waals surface area contributed by atoms with Crippen molar-refractivity contribution >= 4 is 11.5 Å². The van der Waals surface area contributed by atoms with E-state index in [9.17, 15) is 20.1 Å². The second-order valence-corrected chi connectivity index (χ2v) is 9.96. The fraction of sp³-hybridized carbons (Fsp3) is 0.818. The highest BCUT2D eigenvalue weighted by Crippen LogP contribution is 2.67. The van der Waals surface area contributed by atoms with Gasteiger partial charge in [0, 0.05) is 30.0 Å². The van der Waals surface area contributed by atoms with Crippen LogP contribution in [0.2, 0.25) is 0 Å². The standard InChI is InChI=1S/C22H33NO4/c1-12(23-4)13-6-8-22(27)15-9-17(24)16-10-18(25)19(26)11-20(16,2)14(15)5-7-21(13,22)3/h9,13-14,16,18-19,25-27H,5-8,10-11H2,1-4H3/t13?,14?,16?,18?,19?,20?,21?,22-/m1/s1. The normalized spacial score (nSPS) is 52.7. The predicted octanol–water partition coefficient (Wildman–Crippen LogP) is 2.28. The average Bonchev–Trinajstić information content (AvgIpc) is 2.89. The number of aliphatic hydroxyl groups is 3. The second kappa shape index (κ2) is 5.98. The third-order valence-corrected chi connectivity index (χ3v) is 8.97. The van der Waals surface area contributed by atoms with Crippen LogP contribution in [-0.2, 0) is 4.79 Å². The van der Waals surface area contributed by atoms with Gasteiger partial charge in [-0.3, -0.25) is 9.79 Å². The summed E-state index contributed by atoms with van der Waals surface area (Å²) in [6.07, 6.45) is 4.14. The van der Waals surface area contributed by atoms with Crippen molar-refractivity contribution in [3.8, 4) is 0 Å². The van der Waals surface area contributed by atoms with E-state index >= 15 is 0 Å². The average molecular weight is 376 g/mol. The number of nitrogens with zero attached hydrogens (tertiary/aromatic N) is 1. The number of carbonyl (C=O) groups is 1. The monoisotopic (exact) mass is 375 g/mol. The summed E-state index contributed by atoms with van der Waals surface area (Å²) in [4.78, 5) is 17.5. The zero-order valence-corrected chi connectivity index (χ0v) is 16.9. The van der Waals surface area contributed by atoms with Crippen molar-refractivity contribution in [2.75, 3.05) is 7.05 Å². The summed E-state index contributed by atoms with van der Waals surface area (Å²) in [6, 6.07) is 0. The number of carbonyl (C=O) groups excluding carboxylic acids is 1. The maximum atomic E-state index is 13.0. The minimum absolute atomic E-state index is 0.0108. The maximum Gasteiger partial charge on any atom is 0.159 e. The van der Waals surface area contributed by atoms with Gasteiger partial charge in [-0.1, -0.05) is 13.8 Å². The number of ketones is 1. The van der Waals surface area contributed by atoms with E-state index in [0.717, 1.165) is 30.5 Å². The quantitative estimate of drug-likeness (QED) is 0.613. The number of hydrogen-bond donors (Lipinski definition) is 3. The molecule has 0 spiro atoms. The fourth-order valence-electron chi connectivity index (χ4n) is 7.20. The number of hydrogen-bond acceptors (Lipinski definition) is 5. The van der Waals surface area contributed by atoms with E-state index in [1.165, 1.54) is 0 Å². The minimum atomic E-state index is -0.989. The van der Waals surface area contributed by atoms with Crippen LogP contribution in [0.25, 0.3) is 0 Å². The predicted molar refractivity (Wildman–Crippen MR) is 103 cm³/mol. The molecule has 0 saturated heterocycles. The van der Waals surface area contributed by atoms with Gasteiger partial charge < -0.3 is 15.3 Å². The lowest BCUT2D eigenvalue weighted by Crippen LogP contribution is -2.60. The molecule has 4 aliphatic carbocycles. The van der Waals surface area contributed by atoms with Gasteiger partial charge in [0.2, 0.25) is 0 Å². The Morgan fingerprint density at radius 3 is 2.52 bits per heavy atom. The van der Waals surface area contributed by atoms with Crippen molar-refractivity contribution in [1.82, 2.24) is 0 Å². The molecule has 8 atom stereocenters. The first-order valence-electron chi connectivity index (χ1n) is 10.4. The molecular weight excluding hydrogens is 342 g/mol. The Morgan fingerprint density at radius 1 is 1.15 bits per heavy atom. The number of aliphatic hydroxyl groups excluding tert-OH is 2. The maximum absolute atomic E-state index is 13.0. The molecule has 0 radical (unpaired) electrons. The molecule has 150 valence electrons. The van der Waals surface area contributed by atoms with E-state index in [1.807, 2.05) is 14.0 Å². The first-order chi connectivity index (χ1) is 12.6. The number of allylic oxidation sites excluding steroid dienone is 1. The zero-order valence-electron chi connectivity index (χ0n) is 16.9. The van der Waals surface area contributed by atoms with Gasteiger partial charge in [-0.2, -0.15) is 0 Å². The summed E-state index contributed by atoms with van der Waals surface area (Å²) < 4.78 is 0. The smallest absolute Gasteiger partial charge is 0.159 e. The van der Waals surface area contributed by atoms with Crippen molar-refractivity contribution in [2.45, 2.75) is 77.1 Å². The Bertz CT molecular complexity index is 730. The molecule has 0 aromatic rings. The second-order valence-electron chi connectivity index (χ2n) is 9.96. The first kappa shape index (κ1) is 19.3. The van der Waals surface area contributed by atoms with Crippen LogP contribution in [0.4, 0.5) is 0 Å². The Morgan fingerprint density at radius 2 is 1.85 bits per heavy atom. The molecule has 27 heavy (non-hydrogen) atoms. The molecule has 3 fully saturated rings. The van der Waals surface area contributed by atoms with Crippen LogP contribution in [0, 0.1) is 28.6 Å². The Kier molecular flexibility index (Phi) is 4.27. The van der Waals surface area contributed by atoms with Gasteiger partial charge in [-0.25, -0.2) is 0 Å². The first-order valence-corrected chi connectivity index (χ1v) is 10.4. The molecule has 3 saturated carbocycles. The lowest BCUT2D eigenvalue weighted by Gasteiger charge is -2.59. The van der Waals surface area contributed by atoms with Crippen molar-refractivity contribution in [1.29, 1.82) is 0 Å². The van der Waals surface area contributed by atoms with E-state index < -0.39 is 23.2 Å². The largest absolute Gasteiger partial charge is 0.390 e. The fourth-order valence-corrected chi connectivity index (χ4v) is 7.20. The molecule has 7 unspecified atom stereocenters. The molecule has 0 aliphatic heterocycles. The third-order valence-electron chi connectivity index (χ3n) is 8.97. The van der Waals surface area contributed by atoms with Gasteiger partial charge in [0.25, 0.3) is 0 Å². The molecule has 0 bridgehead atoms. The molecule has 0 heterocycles. The molecule has 4 aliphatic rings. The van der Waals surface area contributed by atoms with Gasteiger partial charge in [0.15, 0.2) is 5.78 Å². The van der Waals surface area contributed by atoms with Crippen LogP contribution in [0.3, 0.4) is 0 Å². The van der Waals surface area contributed by atoms with E-state index in [2.05, 4.69) is 18.8 Å². The van der Waals surface area contributed by atoms with Crippen molar-refractivity contribution in [2.24, 2.45) is 33.6 Å². The summed E-state index contributed by atoms with van der Waals surface area (Å²) in [5.74, 6) is 0.0530. The highest BCUT2D eigenvalue weighted by atomic mass is 16.3. The Balaban J connectivity index is 1.79. The number of rotatable bonds is 1. The van der Waals surface area contributed by atoms with Crippen LogP contribution in [0.1, 0.15) is 59.3 Å². The van der Waals surface area contributed by atoms with Gasteiger partial charge in [0.1, 0.15) is 0 Å². The van der Waals surface area contributed by atoms with Crippen molar-refractivity contribution in [3.05, 3.63) is 11.6 Å². The third kappa shape index (κ3) is 2.34. The minimum Gasteiger partial charge on any atom is -0.390 e. The lowest BCUT2D eigenvalue weighted by molar-refractivity contribution is -0.151. The summed E-state index contributed by atoms with van der Waals surface area (Å²) in [5.41, 5.74) is 0.264. The summed E-state index contributed by atoms with van der Waals surface area (Å²) in [7, 11) is 1.81. The molecule has 5 nitrogen and oxygen atoms in total. The summed E-state index contributed by atoms with van der Waals surface area (Å²) >= 11 is 0.